The van der Waals surface area contributed by atoms with Crippen molar-refractivity contribution in [2.24, 2.45) is 16.0 Å². The minimum atomic E-state index is -1.17. The van der Waals surface area contributed by atoms with Crippen LogP contribution in [0.4, 0.5) is 0 Å². The Bertz CT molecular complexity index is 149. The van der Waals surface area contributed by atoms with Crippen LogP contribution in [0.2, 0.25) is 0 Å². The van der Waals surface area contributed by atoms with Crippen LogP contribution < -0.4 is 5.73 Å². The fraction of sp³-hybridized carbons (Fsp3) is 0.250. The van der Waals surface area contributed by atoms with E-state index in [9.17, 15) is 4.79 Å². The zero-order valence-corrected chi connectivity index (χ0v) is 4.11. The zero-order chi connectivity index (χ0) is 6.04. The number of azo groups is 1. The van der Waals surface area contributed by atoms with Crippen LogP contribution in [0.5, 0.6) is 0 Å². The van der Waals surface area contributed by atoms with E-state index in [-0.39, 0.29) is 0 Å². The molecule has 1 atom stereocenters. The molecule has 0 saturated heterocycles. The van der Waals surface area contributed by atoms with Gasteiger partial charge in [-0.3, -0.25) is 10.5 Å². The van der Waals surface area contributed by atoms with Crippen LogP contribution in [0, 0.1) is 0 Å². The number of rotatable bonds is 1. The maximum atomic E-state index is 10.00. The normalized spacial score (nSPS) is 33.6. The van der Waals surface area contributed by atoms with Gasteiger partial charge in [-0.1, -0.05) is 0 Å². The maximum absolute atomic E-state index is 10.00. The Kier molecular flexibility index (Phi) is 0.948. The van der Waals surface area contributed by atoms with Gasteiger partial charge in [0.2, 0.25) is 5.66 Å². The number of nitrogens with zero attached hydrogens (tertiary/aromatic N) is 2. The molecule has 4 nitrogen and oxygen atoms in total. The number of carbonyl (C=O) groups excluding carboxylic acids is 1. The Hall–Kier alpha value is -1.03. The van der Waals surface area contributed by atoms with Crippen molar-refractivity contribution < 1.29 is 4.79 Å². The predicted molar refractivity (Wildman–Crippen MR) is 27.0 cm³/mol. The van der Waals surface area contributed by atoms with Crippen molar-refractivity contribution in [2.75, 3.05) is 0 Å². The van der Waals surface area contributed by atoms with Crippen molar-refractivity contribution in [3.8, 4) is 0 Å². The molecule has 0 fully saturated rings. The Morgan fingerprint density at radius 1 is 1.75 bits per heavy atom. The first-order valence-corrected chi connectivity index (χ1v) is 2.12. The fourth-order valence-electron chi connectivity index (χ4n) is 0.382. The second-order valence-electron chi connectivity index (χ2n) is 1.54. The molecule has 0 radical (unpaired) electrons. The molecule has 0 bridgehead atoms. The summed E-state index contributed by atoms with van der Waals surface area (Å²) in [7, 11) is 0. The summed E-state index contributed by atoms with van der Waals surface area (Å²) in [6.45, 7) is 0. The third-order valence-corrected chi connectivity index (χ3v) is 0.828. The highest BCUT2D eigenvalue weighted by Crippen LogP contribution is 2.08. The van der Waals surface area contributed by atoms with Crippen LogP contribution in [0.25, 0.3) is 0 Å². The van der Waals surface area contributed by atoms with Gasteiger partial charge in [0.1, 0.15) is 0 Å². The first kappa shape index (κ1) is 5.11. The molecule has 0 aliphatic carbocycles. The van der Waals surface area contributed by atoms with Gasteiger partial charge in [0, 0.05) is 6.20 Å². The highest BCUT2D eigenvalue weighted by molar-refractivity contribution is 5.67. The van der Waals surface area contributed by atoms with E-state index in [1.807, 2.05) is 0 Å². The molecule has 1 heterocycles. The lowest BCUT2D eigenvalue weighted by molar-refractivity contribution is -0.110. The van der Waals surface area contributed by atoms with Gasteiger partial charge in [0.25, 0.3) is 0 Å². The molecule has 42 valence electrons. The standard InChI is InChI=1S/C4H5N3O/c5-4(3-8)1-2-6-7-4/h1-3H,5H2. The van der Waals surface area contributed by atoms with Gasteiger partial charge in [0.05, 0.1) is 0 Å². The third kappa shape index (κ3) is 0.651. The molecule has 2 N–H and O–H groups in total. The molecule has 1 aliphatic heterocycles. The van der Waals surface area contributed by atoms with Crippen molar-refractivity contribution in [1.29, 1.82) is 0 Å². The van der Waals surface area contributed by atoms with Crippen LogP contribution in [0.1, 0.15) is 0 Å². The SMILES string of the molecule is NC1(C=O)C=CN=N1. The van der Waals surface area contributed by atoms with E-state index in [1.165, 1.54) is 12.3 Å². The van der Waals surface area contributed by atoms with E-state index < -0.39 is 5.66 Å². The number of hydrogen-bond acceptors (Lipinski definition) is 4. The summed E-state index contributed by atoms with van der Waals surface area (Å²) >= 11 is 0. The first-order chi connectivity index (χ1) is 3.77. The van der Waals surface area contributed by atoms with E-state index in [1.54, 1.807) is 0 Å². The van der Waals surface area contributed by atoms with Crippen molar-refractivity contribution in [1.82, 2.24) is 0 Å². The highest BCUT2D eigenvalue weighted by atomic mass is 16.1. The second kappa shape index (κ2) is 1.48. The zero-order valence-electron chi connectivity index (χ0n) is 4.11. The molecule has 0 aromatic carbocycles. The Labute approximate surface area is 46.1 Å². The van der Waals surface area contributed by atoms with Crippen molar-refractivity contribution in [3.05, 3.63) is 12.3 Å². The minimum Gasteiger partial charge on any atom is -0.299 e. The fourth-order valence-corrected chi connectivity index (χ4v) is 0.382. The predicted octanol–water partition coefficient (Wildman–Crippen LogP) is -0.180. The Morgan fingerprint density at radius 2 is 2.50 bits per heavy atom. The van der Waals surface area contributed by atoms with E-state index in [4.69, 9.17) is 5.73 Å². The number of aldehydes is 1. The van der Waals surface area contributed by atoms with E-state index >= 15 is 0 Å². The lowest BCUT2D eigenvalue weighted by Crippen LogP contribution is -2.34. The van der Waals surface area contributed by atoms with E-state index in [0.717, 1.165) is 0 Å². The summed E-state index contributed by atoms with van der Waals surface area (Å²) < 4.78 is 0. The molecule has 0 saturated carbocycles. The minimum absolute atomic E-state index is 0.542. The smallest absolute Gasteiger partial charge is 0.205 e. The second-order valence-corrected chi connectivity index (χ2v) is 1.54. The molecular weight excluding hydrogens is 106 g/mol. The summed E-state index contributed by atoms with van der Waals surface area (Å²) in [5, 5.41) is 6.81. The summed E-state index contributed by atoms with van der Waals surface area (Å²) in [6, 6.07) is 0. The molecule has 1 aliphatic rings. The van der Waals surface area contributed by atoms with Gasteiger partial charge >= 0.3 is 0 Å². The summed E-state index contributed by atoms with van der Waals surface area (Å²) in [5.74, 6) is 0. The van der Waals surface area contributed by atoms with Gasteiger partial charge in [0.15, 0.2) is 6.29 Å². The summed E-state index contributed by atoms with van der Waals surface area (Å²) in [5.41, 5.74) is 4.08. The van der Waals surface area contributed by atoms with Crippen molar-refractivity contribution in [3.63, 3.8) is 0 Å². The van der Waals surface area contributed by atoms with Gasteiger partial charge in [-0.25, -0.2) is 0 Å². The molecule has 0 amide bonds. The van der Waals surface area contributed by atoms with Gasteiger partial charge < -0.3 is 0 Å². The average molecular weight is 111 g/mol. The molecule has 0 spiro atoms. The molecular formula is C4H5N3O. The molecule has 1 unspecified atom stereocenters. The maximum Gasteiger partial charge on any atom is 0.205 e. The largest absolute Gasteiger partial charge is 0.299 e. The van der Waals surface area contributed by atoms with E-state index in [0.29, 0.717) is 6.29 Å². The van der Waals surface area contributed by atoms with Crippen molar-refractivity contribution in [2.45, 2.75) is 5.66 Å². The molecule has 4 heteroatoms. The van der Waals surface area contributed by atoms with Crippen LogP contribution in [-0.4, -0.2) is 11.9 Å². The van der Waals surface area contributed by atoms with Crippen LogP contribution in [0.15, 0.2) is 22.5 Å². The van der Waals surface area contributed by atoms with Gasteiger partial charge in [-0.05, 0) is 6.08 Å². The third-order valence-electron chi connectivity index (χ3n) is 0.828. The quantitative estimate of drug-likeness (QED) is 0.477. The lowest BCUT2D eigenvalue weighted by Gasteiger charge is -2.03. The molecule has 8 heavy (non-hydrogen) atoms. The molecule has 0 aromatic rings. The van der Waals surface area contributed by atoms with Crippen LogP contribution >= 0.6 is 0 Å². The first-order valence-electron chi connectivity index (χ1n) is 2.12. The Balaban J connectivity index is 2.83. The number of hydrogen-bond donors (Lipinski definition) is 1. The summed E-state index contributed by atoms with van der Waals surface area (Å²) in [4.78, 5) is 10.00. The topological polar surface area (TPSA) is 67.8 Å². The molecule has 0 aromatic heterocycles. The van der Waals surface area contributed by atoms with Crippen LogP contribution in [-0.2, 0) is 4.79 Å². The lowest BCUT2D eigenvalue weighted by atomic mass is 10.2. The average Bonchev–Trinajstić information content (AvgIpc) is 2.17. The van der Waals surface area contributed by atoms with Gasteiger partial charge in [-0.2, -0.15) is 10.2 Å². The summed E-state index contributed by atoms with van der Waals surface area (Å²) in [6.07, 6.45) is 3.37. The number of carbonyl (C=O) groups is 1. The highest BCUT2D eigenvalue weighted by Gasteiger charge is 2.21. The monoisotopic (exact) mass is 111 g/mol. The Morgan fingerprint density at radius 3 is 2.75 bits per heavy atom. The van der Waals surface area contributed by atoms with Gasteiger partial charge in [-0.15, -0.1) is 0 Å². The molecule has 1 rings (SSSR count). The number of nitrogens with two attached hydrogens (primary N) is 1. The van der Waals surface area contributed by atoms with Crippen LogP contribution in [0.3, 0.4) is 0 Å². The van der Waals surface area contributed by atoms with Crippen molar-refractivity contribution >= 4 is 6.29 Å². The van der Waals surface area contributed by atoms with E-state index in [2.05, 4.69) is 10.2 Å².